The highest BCUT2D eigenvalue weighted by atomic mass is 16.0. The Morgan fingerprint density at radius 3 is 1.40 bits per heavy atom. The SMILES string of the molecule is C1CCNCC1.CC1CCCCC1.O.O. The van der Waals surface area contributed by atoms with Crippen molar-refractivity contribution in [1.29, 1.82) is 0 Å². The molecule has 0 aromatic rings. The van der Waals surface area contributed by atoms with E-state index in [1.165, 1.54) is 64.5 Å². The third-order valence-electron chi connectivity index (χ3n) is 3.10. The van der Waals surface area contributed by atoms with Gasteiger partial charge in [-0.05, 0) is 31.8 Å². The minimum Gasteiger partial charge on any atom is -0.412 e. The van der Waals surface area contributed by atoms with E-state index in [4.69, 9.17) is 0 Å². The third kappa shape index (κ3) is 10.2. The topological polar surface area (TPSA) is 75.0 Å². The van der Waals surface area contributed by atoms with Gasteiger partial charge in [0.25, 0.3) is 0 Å². The van der Waals surface area contributed by atoms with E-state index in [1.54, 1.807) is 0 Å². The number of nitrogens with one attached hydrogen (secondary N) is 1. The summed E-state index contributed by atoms with van der Waals surface area (Å²) >= 11 is 0. The zero-order valence-corrected chi connectivity index (χ0v) is 10.1. The van der Waals surface area contributed by atoms with E-state index in [0.717, 1.165) is 5.92 Å². The second kappa shape index (κ2) is 12.0. The van der Waals surface area contributed by atoms with Crippen LogP contribution in [-0.4, -0.2) is 24.0 Å². The zero-order chi connectivity index (χ0) is 9.36. The summed E-state index contributed by atoms with van der Waals surface area (Å²) in [5.41, 5.74) is 0. The van der Waals surface area contributed by atoms with Crippen LogP contribution in [0.15, 0.2) is 0 Å². The lowest BCUT2D eigenvalue weighted by atomic mass is 9.91. The summed E-state index contributed by atoms with van der Waals surface area (Å²) in [5, 5.41) is 3.28. The van der Waals surface area contributed by atoms with Gasteiger partial charge in [0.2, 0.25) is 0 Å². The van der Waals surface area contributed by atoms with E-state index in [2.05, 4.69) is 12.2 Å². The fourth-order valence-corrected chi connectivity index (χ4v) is 2.11. The molecule has 0 aromatic heterocycles. The molecule has 0 atom stereocenters. The summed E-state index contributed by atoms with van der Waals surface area (Å²) in [6, 6.07) is 0. The van der Waals surface area contributed by atoms with Crippen LogP contribution in [0.5, 0.6) is 0 Å². The lowest BCUT2D eigenvalue weighted by molar-refractivity contribution is 0.385. The Bertz CT molecular complexity index is 98.7. The van der Waals surface area contributed by atoms with Gasteiger partial charge < -0.3 is 16.3 Å². The molecule has 0 amide bonds. The summed E-state index contributed by atoms with van der Waals surface area (Å²) in [6.07, 6.45) is 11.7. The molecule has 0 radical (unpaired) electrons. The van der Waals surface area contributed by atoms with Crippen molar-refractivity contribution in [3.05, 3.63) is 0 Å². The first-order valence-corrected chi connectivity index (χ1v) is 6.10. The Labute approximate surface area is 94.3 Å². The predicted octanol–water partition coefficient (Wildman–Crippen LogP) is 1.70. The molecule has 2 rings (SSSR count). The predicted molar refractivity (Wildman–Crippen MR) is 66.2 cm³/mol. The van der Waals surface area contributed by atoms with Crippen LogP contribution in [0, 0.1) is 5.92 Å². The van der Waals surface area contributed by atoms with Crippen molar-refractivity contribution in [2.75, 3.05) is 13.1 Å². The average Bonchev–Trinajstić information content (AvgIpc) is 2.22. The first-order valence-electron chi connectivity index (χ1n) is 6.10. The molecule has 3 heteroatoms. The summed E-state index contributed by atoms with van der Waals surface area (Å²) < 4.78 is 0. The van der Waals surface area contributed by atoms with E-state index >= 15 is 0 Å². The molecule has 0 unspecified atom stereocenters. The number of rotatable bonds is 0. The van der Waals surface area contributed by atoms with E-state index in [0.29, 0.717) is 0 Å². The van der Waals surface area contributed by atoms with E-state index < -0.39 is 0 Å². The van der Waals surface area contributed by atoms with Crippen LogP contribution < -0.4 is 5.32 Å². The molecule has 0 spiro atoms. The maximum atomic E-state index is 3.28. The summed E-state index contributed by atoms with van der Waals surface area (Å²) in [6.45, 7) is 4.86. The van der Waals surface area contributed by atoms with Gasteiger partial charge in [0.1, 0.15) is 0 Å². The highest BCUT2D eigenvalue weighted by molar-refractivity contribution is 4.59. The quantitative estimate of drug-likeness (QED) is 0.661. The van der Waals surface area contributed by atoms with Crippen LogP contribution in [0.4, 0.5) is 0 Å². The maximum absolute atomic E-state index is 3.28. The number of hydrogen-bond donors (Lipinski definition) is 1. The lowest BCUT2D eigenvalue weighted by Crippen LogP contribution is -2.21. The van der Waals surface area contributed by atoms with Crippen molar-refractivity contribution in [2.45, 2.75) is 58.3 Å². The van der Waals surface area contributed by atoms with Gasteiger partial charge in [0, 0.05) is 0 Å². The van der Waals surface area contributed by atoms with Crippen molar-refractivity contribution in [3.63, 3.8) is 0 Å². The smallest absolute Gasteiger partial charge is 0.00489 e. The average molecular weight is 219 g/mol. The molecule has 0 bridgehead atoms. The largest absolute Gasteiger partial charge is 0.412 e. The molecule has 1 saturated heterocycles. The Kier molecular flexibility index (Phi) is 13.8. The van der Waals surface area contributed by atoms with Crippen LogP contribution in [0.25, 0.3) is 0 Å². The molecule has 3 nitrogen and oxygen atoms in total. The van der Waals surface area contributed by atoms with E-state index in [9.17, 15) is 0 Å². The van der Waals surface area contributed by atoms with Crippen LogP contribution in [-0.2, 0) is 0 Å². The van der Waals surface area contributed by atoms with Gasteiger partial charge in [-0.2, -0.15) is 0 Å². The summed E-state index contributed by atoms with van der Waals surface area (Å²) in [4.78, 5) is 0. The second-order valence-corrected chi connectivity index (χ2v) is 4.55. The molecule has 1 heterocycles. The molecule has 1 aliphatic heterocycles. The monoisotopic (exact) mass is 219 g/mol. The minimum absolute atomic E-state index is 0. The number of piperidine rings is 1. The van der Waals surface area contributed by atoms with E-state index in [1.807, 2.05) is 0 Å². The van der Waals surface area contributed by atoms with Gasteiger partial charge >= 0.3 is 0 Å². The van der Waals surface area contributed by atoms with Crippen molar-refractivity contribution in [1.82, 2.24) is 5.32 Å². The van der Waals surface area contributed by atoms with Crippen molar-refractivity contribution >= 4 is 0 Å². The first-order chi connectivity index (χ1) is 6.39. The molecule has 15 heavy (non-hydrogen) atoms. The normalized spacial score (nSPS) is 21.4. The van der Waals surface area contributed by atoms with Gasteiger partial charge in [-0.1, -0.05) is 45.4 Å². The van der Waals surface area contributed by atoms with Crippen LogP contribution in [0.3, 0.4) is 0 Å². The summed E-state index contributed by atoms with van der Waals surface area (Å²) in [7, 11) is 0. The Morgan fingerprint density at radius 2 is 1.20 bits per heavy atom. The van der Waals surface area contributed by atoms with E-state index in [-0.39, 0.29) is 11.0 Å². The lowest BCUT2D eigenvalue weighted by Gasteiger charge is -2.15. The highest BCUT2D eigenvalue weighted by Crippen LogP contribution is 2.22. The standard InChI is InChI=1S/C7H14.C5H11N.2H2O/c1-7-5-3-2-4-6-7;1-2-4-6-5-3-1;;/h7H,2-6H2,1H3;6H,1-5H2;2*1H2. The van der Waals surface area contributed by atoms with Crippen LogP contribution >= 0.6 is 0 Å². The summed E-state index contributed by atoms with van der Waals surface area (Å²) in [5.74, 6) is 1.04. The zero-order valence-electron chi connectivity index (χ0n) is 10.1. The van der Waals surface area contributed by atoms with Gasteiger partial charge in [0.15, 0.2) is 0 Å². The Morgan fingerprint density at radius 1 is 0.733 bits per heavy atom. The molecular weight excluding hydrogens is 190 g/mol. The molecule has 0 aromatic carbocycles. The fraction of sp³-hybridized carbons (Fsp3) is 1.00. The van der Waals surface area contributed by atoms with Crippen molar-refractivity contribution in [3.8, 4) is 0 Å². The Hall–Kier alpha value is -0.120. The van der Waals surface area contributed by atoms with Gasteiger partial charge in [-0.15, -0.1) is 0 Å². The van der Waals surface area contributed by atoms with Crippen LogP contribution in [0.1, 0.15) is 58.3 Å². The van der Waals surface area contributed by atoms with Crippen molar-refractivity contribution in [2.24, 2.45) is 5.92 Å². The molecule has 2 fully saturated rings. The van der Waals surface area contributed by atoms with Crippen LogP contribution in [0.2, 0.25) is 0 Å². The molecular formula is C12H29NO2. The minimum atomic E-state index is 0. The molecule has 1 aliphatic carbocycles. The highest BCUT2D eigenvalue weighted by Gasteiger charge is 2.05. The molecule has 94 valence electrons. The molecule has 2 aliphatic rings. The first kappa shape index (κ1) is 17.3. The van der Waals surface area contributed by atoms with Gasteiger partial charge in [0.05, 0.1) is 0 Å². The van der Waals surface area contributed by atoms with Gasteiger partial charge in [-0.3, -0.25) is 0 Å². The van der Waals surface area contributed by atoms with Crippen molar-refractivity contribution < 1.29 is 11.0 Å². The second-order valence-electron chi connectivity index (χ2n) is 4.55. The number of hydrogen-bond acceptors (Lipinski definition) is 1. The molecule has 1 saturated carbocycles. The fourth-order valence-electron chi connectivity index (χ4n) is 2.11. The third-order valence-corrected chi connectivity index (χ3v) is 3.10. The maximum Gasteiger partial charge on any atom is -0.00489 e. The molecule has 5 N–H and O–H groups in total. The Balaban J connectivity index is 0. The van der Waals surface area contributed by atoms with Gasteiger partial charge in [-0.25, -0.2) is 0 Å².